The van der Waals surface area contributed by atoms with E-state index in [0.717, 1.165) is 22.1 Å². The number of halogens is 2. The highest BCUT2D eigenvalue weighted by Crippen LogP contribution is 2.49. The van der Waals surface area contributed by atoms with Crippen LogP contribution in [-0.2, 0) is 35.0 Å². The van der Waals surface area contributed by atoms with Crippen molar-refractivity contribution < 1.29 is 52.7 Å². The van der Waals surface area contributed by atoms with Gasteiger partial charge in [0.05, 0.1) is 37.0 Å². The van der Waals surface area contributed by atoms with E-state index < -0.39 is 77.7 Å². The van der Waals surface area contributed by atoms with Crippen LogP contribution in [0.2, 0.25) is 5.02 Å². The largest absolute Gasteiger partial charge is 0.495 e. The number of nitrogens with one attached hydrogen (secondary N) is 1. The predicted molar refractivity (Wildman–Crippen MR) is 202 cm³/mol. The van der Waals surface area contributed by atoms with Gasteiger partial charge in [-0.3, -0.25) is 9.59 Å². The van der Waals surface area contributed by atoms with E-state index in [-0.39, 0.29) is 29.1 Å². The van der Waals surface area contributed by atoms with Gasteiger partial charge in [0.1, 0.15) is 40.4 Å². The summed E-state index contributed by atoms with van der Waals surface area (Å²) in [5.74, 6) is -3.19. The number of nitrogen functional groups attached to an aromatic ring is 1. The maximum atomic E-state index is 14.7. The Morgan fingerprint density at radius 1 is 1.24 bits per heavy atom. The SMILES string of the molecule is COc1cc2cc(c1Cl)N(C)C(=O)C[C@H](OC(=O)[C@H](C)N(C)C(=O)c1ccc(N)cc1F)[C@]1(C)O[C@H]1[C@H](C)[C@@H]1C[C@@](O)(NC(O)O1)[C@H](OC)/C=C/C=C(\C)C2. The van der Waals surface area contributed by atoms with E-state index in [0.29, 0.717) is 17.9 Å². The second-order valence-corrected chi connectivity index (χ2v) is 15.0. The number of benzene rings is 2. The monoisotopic (exact) mass is 788 g/mol. The number of anilines is 2. The van der Waals surface area contributed by atoms with Crippen molar-refractivity contribution in [3.8, 4) is 5.75 Å². The van der Waals surface area contributed by atoms with Gasteiger partial charge < -0.3 is 49.4 Å². The van der Waals surface area contributed by atoms with Crippen molar-refractivity contribution in [1.29, 1.82) is 0 Å². The van der Waals surface area contributed by atoms with Gasteiger partial charge in [-0.2, -0.15) is 0 Å². The number of likely N-dealkylation sites (N-methyl/N-ethyl adjacent to an activating group) is 1. The molecular weight excluding hydrogens is 739 g/mol. The summed E-state index contributed by atoms with van der Waals surface area (Å²) in [6.07, 6.45) is 0.112. The van der Waals surface area contributed by atoms with E-state index in [1.165, 1.54) is 45.2 Å². The Bertz CT molecular complexity index is 1860. The van der Waals surface area contributed by atoms with E-state index in [2.05, 4.69) is 5.32 Å². The number of nitrogens with zero attached hydrogens (tertiary/aromatic N) is 2. The minimum absolute atomic E-state index is 0.0331. The number of esters is 1. The average Bonchev–Trinajstić information content (AvgIpc) is 3.83. The molecule has 0 spiro atoms. The molecule has 0 saturated carbocycles. The Morgan fingerprint density at radius 2 is 1.95 bits per heavy atom. The molecule has 55 heavy (non-hydrogen) atoms. The van der Waals surface area contributed by atoms with E-state index in [1.54, 1.807) is 45.2 Å². The van der Waals surface area contributed by atoms with Gasteiger partial charge in [-0.1, -0.05) is 42.3 Å². The van der Waals surface area contributed by atoms with Gasteiger partial charge in [0.2, 0.25) is 12.3 Å². The Balaban J connectivity index is 1.52. The summed E-state index contributed by atoms with van der Waals surface area (Å²) in [5, 5.41) is 25.4. The topological polar surface area (TPSA) is 186 Å². The number of carbonyl (C=O) groups is 3. The Labute approximate surface area is 324 Å². The van der Waals surface area contributed by atoms with Crippen molar-refractivity contribution in [3.05, 3.63) is 76.1 Å². The number of aliphatic hydroxyl groups excluding tert-OH is 1. The molecule has 0 radical (unpaired) electrons. The number of rotatable bonds is 6. The molecule has 9 atom stereocenters. The summed E-state index contributed by atoms with van der Waals surface area (Å²) >= 11 is 6.75. The average molecular weight is 789 g/mol. The fourth-order valence-corrected chi connectivity index (χ4v) is 7.50. The number of hydrogen-bond acceptors (Lipinski definition) is 12. The Hall–Kier alpha value is -4.09. The van der Waals surface area contributed by atoms with Gasteiger partial charge in [0.15, 0.2) is 5.72 Å². The van der Waals surface area contributed by atoms with Crippen molar-refractivity contribution >= 4 is 40.8 Å². The molecule has 1 unspecified atom stereocenters. The lowest BCUT2D eigenvalue weighted by Crippen LogP contribution is -2.65. The number of methoxy groups -OCH3 is 2. The first-order valence-electron chi connectivity index (χ1n) is 17.9. The molecule has 3 aliphatic heterocycles. The molecule has 2 aromatic carbocycles. The molecule has 300 valence electrons. The first kappa shape index (κ1) is 42.1. The highest BCUT2D eigenvalue weighted by molar-refractivity contribution is 6.35. The first-order valence-corrected chi connectivity index (χ1v) is 18.2. The summed E-state index contributed by atoms with van der Waals surface area (Å²) in [6, 6.07) is 5.93. The van der Waals surface area contributed by atoms with Crippen molar-refractivity contribution in [2.75, 3.05) is 38.9 Å². The molecule has 3 heterocycles. The summed E-state index contributed by atoms with van der Waals surface area (Å²) < 4.78 is 44.0. The van der Waals surface area contributed by atoms with Crippen molar-refractivity contribution in [3.63, 3.8) is 0 Å². The second kappa shape index (κ2) is 16.6. The van der Waals surface area contributed by atoms with Crippen LogP contribution in [0.1, 0.15) is 56.5 Å². The number of hydrogen-bond donors (Lipinski definition) is 4. The summed E-state index contributed by atoms with van der Waals surface area (Å²) in [7, 11) is 5.78. The standard InChI is InChI=1S/C39H50ClFN4O10/c1-20-10-9-11-30(52-8)39(50)19-29(53-37(49)43-39)21(2)34-38(4,55-34)31(18-32(46)45(6)27-15-23(14-20)16-28(51-7)33(27)40)54-36(48)22(3)44(5)35(47)25-13-12-24(42)17-26(25)41/h9-13,15-17,21-22,29-31,34,37,43,49-50H,14,18-19,42H2,1-8H3/b11-9+,20-10+/t21-,22+,29+,30-,31+,34+,37?,38+,39+/m1/s1. The summed E-state index contributed by atoms with van der Waals surface area (Å²) in [5.41, 5.74) is 4.50. The van der Waals surface area contributed by atoms with Crippen LogP contribution in [-0.4, -0.2) is 109 Å². The van der Waals surface area contributed by atoms with Crippen molar-refractivity contribution in [1.82, 2.24) is 10.2 Å². The number of amides is 2. The second-order valence-electron chi connectivity index (χ2n) is 14.7. The zero-order chi connectivity index (χ0) is 40.6. The van der Waals surface area contributed by atoms with Crippen LogP contribution in [0.3, 0.4) is 0 Å². The summed E-state index contributed by atoms with van der Waals surface area (Å²) in [6.45, 7) is 6.81. The zero-order valence-electron chi connectivity index (χ0n) is 32.2. The van der Waals surface area contributed by atoms with Crippen LogP contribution >= 0.6 is 11.6 Å². The number of fused-ring (bicyclic) bond motifs is 5. The Morgan fingerprint density at radius 3 is 2.60 bits per heavy atom. The Kier molecular flexibility index (Phi) is 12.7. The molecule has 14 nitrogen and oxygen atoms in total. The van der Waals surface area contributed by atoms with E-state index in [4.69, 9.17) is 41.0 Å². The summed E-state index contributed by atoms with van der Waals surface area (Å²) in [4.78, 5) is 43.7. The van der Waals surface area contributed by atoms with E-state index in [9.17, 15) is 29.0 Å². The van der Waals surface area contributed by atoms with Gasteiger partial charge in [0.25, 0.3) is 5.91 Å². The number of carbonyl (C=O) groups excluding carboxylic acids is 3. The number of epoxide rings is 1. The molecule has 5 N–H and O–H groups in total. The lowest BCUT2D eigenvalue weighted by atomic mass is 9.83. The first-order chi connectivity index (χ1) is 25.8. The minimum atomic E-state index is -1.77. The lowest BCUT2D eigenvalue weighted by molar-refractivity contribution is -0.270. The number of ether oxygens (including phenoxy) is 5. The molecule has 4 bridgehead atoms. The fourth-order valence-electron chi connectivity index (χ4n) is 7.18. The number of nitrogens with two attached hydrogens (primary N) is 1. The molecule has 2 saturated heterocycles. The van der Waals surface area contributed by atoms with Gasteiger partial charge >= 0.3 is 5.97 Å². The van der Waals surface area contributed by atoms with Crippen LogP contribution in [0, 0.1) is 11.7 Å². The van der Waals surface area contributed by atoms with Gasteiger partial charge in [-0.15, -0.1) is 0 Å². The van der Waals surface area contributed by atoms with Crippen LogP contribution in [0.25, 0.3) is 0 Å². The predicted octanol–water partition coefficient (Wildman–Crippen LogP) is 3.71. The molecule has 0 aromatic heterocycles. The quantitative estimate of drug-likeness (QED) is 0.189. The third-order valence-electron chi connectivity index (χ3n) is 10.8. The van der Waals surface area contributed by atoms with Gasteiger partial charge in [0, 0.05) is 39.2 Å². The van der Waals surface area contributed by atoms with Crippen molar-refractivity contribution in [2.24, 2.45) is 5.92 Å². The molecule has 0 aliphatic carbocycles. The molecule has 5 rings (SSSR count). The maximum Gasteiger partial charge on any atom is 0.328 e. The molecule has 16 heteroatoms. The lowest BCUT2D eigenvalue weighted by Gasteiger charge is -2.44. The minimum Gasteiger partial charge on any atom is -0.495 e. The van der Waals surface area contributed by atoms with Gasteiger partial charge in [-0.05, 0) is 63.1 Å². The molecule has 3 aliphatic rings. The molecule has 2 fully saturated rings. The third kappa shape index (κ3) is 8.83. The maximum absolute atomic E-state index is 14.7. The van der Waals surface area contributed by atoms with Crippen LogP contribution in [0.4, 0.5) is 15.8 Å². The van der Waals surface area contributed by atoms with Gasteiger partial charge in [-0.25, -0.2) is 14.5 Å². The third-order valence-corrected chi connectivity index (χ3v) is 11.2. The normalized spacial score (nSPS) is 32.0. The van der Waals surface area contributed by atoms with Crippen molar-refractivity contribution in [2.45, 2.75) is 95.2 Å². The molecule has 2 amide bonds. The highest BCUT2D eigenvalue weighted by atomic mass is 35.5. The zero-order valence-corrected chi connectivity index (χ0v) is 32.9. The van der Waals surface area contributed by atoms with Crippen LogP contribution in [0.15, 0.2) is 54.1 Å². The van der Waals surface area contributed by atoms with Crippen LogP contribution in [0.5, 0.6) is 5.75 Å². The fraction of sp³-hybridized carbons (Fsp3) is 0.513. The highest BCUT2D eigenvalue weighted by Gasteiger charge is 2.64. The van der Waals surface area contributed by atoms with E-state index in [1.807, 2.05) is 13.0 Å². The molecular formula is C39H50ClFN4O10. The smallest absolute Gasteiger partial charge is 0.328 e. The van der Waals surface area contributed by atoms with Crippen LogP contribution < -0.4 is 20.7 Å². The number of aliphatic hydroxyl groups is 2. The van der Waals surface area contributed by atoms with E-state index >= 15 is 0 Å². The number of allylic oxidation sites excluding steroid dienone is 3. The molecule has 2 aromatic rings.